The number of aromatic nitrogens is 2. The molecule has 1 aromatic heterocycles. The topological polar surface area (TPSA) is 33.1 Å². The van der Waals surface area contributed by atoms with E-state index < -0.39 is 0 Å². The number of thioether (sulfide) groups is 1. The van der Waals surface area contributed by atoms with Gasteiger partial charge in [0.15, 0.2) is 0 Å². The van der Waals surface area contributed by atoms with E-state index in [4.69, 9.17) is 0 Å². The number of nitrogens with zero attached hydrogens (tertiary/aromatic N) is 3. The van der Waals surface area contributed by atoms with Crippen LogP contribution in [0, 0.1) is 0 Å². The summed E-state index contributed by atoms with van der Waals surface area (Å²) in [5.74, 6) is 1.01. The number of hydrogen-bond donors (Lipinski definition) is 1. The Morgan fingerprint density at radius 2 is 2.28 bits per heavy atom. The van der Waals surface area contributed by atoms with Crippen LogP contribution in [0.3, 0.4) is 0 Å². The Labute approximate surface area is 114 Å². The third kappa shape index (κ3) is 2.83. The maximum atomic E-state index is 4.44. The first-order valence-electron chi connectivity index (χ1n) is 6.57. The van der Waals surface area contributed by atoms with Crippen molar-refractivity contribution < 1.29 is 0 Å². The van der Waals surface area contributed by atoms with Gasteiger partial charge in [-0.1, -0.05) is 6.42 Å². The van der Waals surface area contributed by atoms with Crippen molar-refractivity contribution in [1.82, 2.24) is 14.9 Å². The van der Waals surface area contributed by atoms with Crippen molar-refractivity contribution in [2.45, 2.75) is 37.1 Å². The molecule has 1 aliphatic rings. The third-order valence-electron chi connectivity index (χ3n) is 3.76. The van der Waals surface area contributed by atoms with Crippen molar-refractivity contribution in [3.63, 3.8) is 0 Å². The molecule has 1 fully saturated rings. The van der Waals surface area contributed by atoms with E-state index in [9.17, 15) is 0 Å². The van der Waals surface area contributed by atoms with Crippen molar-refractivity contribution >= 4 is 17.7 Å². The summed E-state index contributed by atoms with van der Waals surface area (Å²) >= 11 is 2.00. The van der Waals surface area contributed by atoms with E-state index in [1.54, 1.807) is 0 Å². The molecule has 1 aromatic rings. The van der Waals surface area contributed by atoms with Crippen molar-refractivity contribution in [1.29, 1.82) is 0 Å². The van der Waals surface area contributed by atoms with Crippen molar-refractivity contribution in [3.05, 3.63) is 11.9 Å². The van der Waals surface area contributed by atoms with Gasteiger partial charge in [0.05, 0.1) is 11.9 Å². The molecule has 0 bridgehead atoms. The van der Waals surface area contributed by atoms with Gasteiger partial charge in [-0.2, -0.15) is 11.8 Å². The van der Waals surface area contributed by atoms with E-state index in [2.05, 4.69) is 28.2 Å². The van der Waals surface area contributed by atoms with Crippen LogP contribution in [0.5, 0.6) is 0 Å². The molecule has 0 radical (unpaired) electrons. The molecule has 0 saturated heterocycles. The summed E-state index contributed by atoms with van der Waals surface area (Å²) in [5, 5.41) is 4.48. The predicted molar refractivity (Wildman–Crippen MR) is 79.3 cm³/mol. The van der Waals surface area contributed by atoms with Gasteiger partial charge in [0.25, 0.3) is 0 Å². The molecule has 5 heteroatoms. The number of nitrogens with one attached hydrogen (secondary N) is 1. The van der Waals surface area contributed by atoms with Crippen LogP contribution in [0.4, 0.5) is 5.95 Å². The summed E-state index contributed by atoms with van der Waals surface area (Å²) in [4.78, 5) is 6.49. The van der Waals surface area contributed by atoms with Crippen molar-refractivity contribution in [2.24, 2.45) is 7.05 Å². The zero-order valence-electron chi connectivity index (χ0n) is 11.8. The van der Waals surface area contributed by atoms with Gasteiger partial charge in [0.2, 0.25) is 5.95 Å². The van der Waals surface area contributed by atoms with Gasteiger partial charge in [-0.15, -0.1) is 0 Å². The van der Waals surface area contributed by atoms with Gasteiger partial charge in [-0.25, -0.2) is 4.98 Å². The van der Waals surface area contributed by atoms with Gasteiger partial charge in [-0.3, -0.25) is 0 Å². The number of rotatable bonds is 5. The molecular formula is C13H24N4S. The quantitative estimate of drug-likeness (QED) is 0.883. The highest BCUT2D eigenvalue weighted by Gasteiger charge is 2.26. The molecule has 2 unspecified atom stereocenters. The second-order valence-electron chi connectivity index (χ2n) is 5.20. The van der Waals surface area contributed by atoms with Crippen LogP contribution in [0.2, 0.25) is 0 Å². The summed E-state index contributed by atoms with van der Waals surface area (Å²) in [6, 6.07) is 0.665. The molecule has 18 heavy (non-hydrogen) atoms. The van der Waals surface area contributed by atoms with Gasteiger partial charge in [-0.05, 0) is 19.1 Å². The van der Waals surface area contributed by atoms with E-state index in [1.807, 2.05) is 37.0 Å². The van der Waals surface area contributed by atoms with E-state index >= 15 is 0 Å². The molecule has 2 atom stereocenters. The van der Waals surface area contributed by atoms with Gasteiger partial charge in [0, 0.05) is 39.0 Å². The van der Waals surface area contributed by atoms with Crippen LogP contribution in [0.25, 0.3) is 0 Å². The van der Waals surface area contributed by atoms with Gasteiger partial charge in [0.1, 0.15) is 0 Å². The third-order valence-corrected chi connectivity index (χ3v) is 4.93. The lowest BCUT2D eigenvalue weighted by Gasteiger charge is -2.19. The van der Waals surface area contributed by atoms with Crippen molar-refractivity contribution in [2.75, 3.05) is 25.3 Å². The molecule has 1 heterocycles. The van der Waals surface area contributed by atoms with Crippen LogP contribution < -0.4 is 10.2 Å². The lowest BCUT2D eigenvalue weighted by atomic mass is 10.2. The molecule has 0 amide bonds. The van der Waals surface area contributed by atoms with Crippen LogP contribution in [-0.2, 0) is 13.6 Å². The molecule has 0 spiro atoms. The highest BCUT2D eigenvalue weighted by atomic mass is 32.2. The SMILES string of the molecule is CSC1CCCC1NCc1cnc(N(C)C)n1C. The average molecular weight is 268 g/mol. The summed E-state index contributed by atoms with van der Waals surface area (Å²) in [6.45, 7) is 0.916. The number of imidazole rings is 1. The molecule has 4 nitrogen and oxygen atoms in total. The summed E-state index contributed by atoms with van der Waals surface area (Å²) in [6.07, 6.45) is 8.22. The van der Waals surface area contributed by atoms with Crippen molar-refractivity contribution in [3.8, 4) is 0 Å². The first-order valence-corrected chi connectivity index (χ1v) is 7.86. The Hall–Kier alpha value is -0.680. The molecule has 0 aromatic carbocycles. The smallest absolute Gasteiger partial charge is 0.204 e. The lowest BCUT2D eigenvalue weighted by molar-refractivity contribution is 0.521. The van der Waals surface area contributed by atoms with E-state index in [1.165, 1.54) is 25.0 Å². The molecular weight excluding hydrogens is 244 g/mol. The van der Waals surface area contributed by atoms with E-state index in [0.717, 1.165) is 17.7 Å². The van der Waals surface area contributed by atoms with Gasteiger partial charge >= 0.3 is 0 Å². The largest absolute Gasteiger partial charge is 0.348 e. The Balaban J connectivity index is 1.94. The highest BCUT2D eigenvalue weighted by Crippen LogP contribution is 2.28. The molecule has 102 valence electrons. The molecule has 2 rings (SSSR count). The maximum Gasteiger partial charge on any atom is 0.204 e. The molecule has 1 saturated carbocycles. The zero-order chi connectivity index (χ0) is 13.1. The fourth-order valence-corrected chi connectivity index (χ4v) is 3.65. The normalized spacial score (nSPS) is 23.6. The summed E-state index contributed by atoms with van der Waals surface area (Å²) < 4.78 is 2.16. The van der Waals surface area contributed by atoms with Crippen LogP contribution in [0.1, 0.15) is 25.0 Å². The lowest BCUT2D eigenvalue weighted by Crippen LogP contribution is -2.34. The first kappa shape index (κ1) is 13.7. The summed E-state index contributed by atoms with van der Waals surface area (Å²) in [7, 11) is 6.14. The Morgan fingerprint density at radius 3 is 2.89 bits per heavy atom. The minimum absolute atomic E-state index is 0.665. The average Bonchev–Trinajstić information content (AvgIpc) is 2.92. The first-order chi connectivity index (χ1) is 8.63. The Bertz CT molecular complexity index is 388. The second-order valence-corrected chi connectivity index (χ2v) is 6.27. The highest BCUT2D eigenvalue weighted by molar-refractivity contribution is 7.99. The summed E-state index contributed by atoms with van der Waals surface area (Å²) in [5.41, 5.74) is 1.26. The fourth-order valence-electron chi connectivity index (χ4n) is 2.69. The van der Waals surface area contributed by atoms with Gasteiger partial charge < -0.3 is 14.8 Å². The molecule has 0 aliphatic heterocycles. The zero-order valence-corrected chi connectivity index (χ0v) is 12.6. The minimum Gasteiger partial charge on any atom is -0.348 e. The predicted octanol–water partition coefficient (Wildman–Crippen LogP) is 1.86. The van der Waals surface area contributed by atoms with E-state index in [0.29, 0.717) is 6.04 Å². The Kier molecular flexibility index (Phi) is 4.56. The van der Waals surface area contributed by atoms with Crippen LogP contribution in [0.15, 0.2) is 6.20 Å². The minimum atomic E-state index is 0.665. The second kappa shape index (κ2) is 5.97. The van der Waals surface area contributed by atoms with Crippen LogP contribution in [-0.4, -0.2) is 41.2 Å². The monoisotopic (exact) mass is 268 g/mol. The number of hydrogen-bond acceptors (Lipinski definition) is 4. The Morgan fingerprint density at radius 1 is 1.50 bits per heavy atom. The molecule has 1 N–H and O–H groups in total. The maximum absolute atomic E-state index is 4.44. The standard InChI is InChI=1S/C13H24N4S/c1-16(2)13-15-9-10(17(13)3)8-14-11-6-5-7-12(11)18-4/h9,11-12,14H,5-8H2,1-4H3. The fraction of sp³-hybridized carbons (Fsp3) is 0.769. The number of anilines is 1. The van der Waals surface area contributed by atoms with E-state index in [-0.39, 0.29) is 0 Å². The van der Waals surface area contributed by atoms with Crippen LogP contribution >= 0.6 is 11.8 Å². The molecule has 1 aliphatic carbocycles.